The summed E-state index contributed by atoms with van der Waals surface area (Å²) < 4.78 is 33.4. The van der Waals surface area contributed by atoms with Gasteiger partial charge >= 0.3 is 0 Å². The van der Waals surface area contributed by atoms with Crippen molar-refractivity contribution in [3.63, 3.8) is 0 Å². The number of aromatic nitrogens is 2. The lowest BCUT2D eigenvalue weighted by Crippen LogP contribution is -2.31. The molecule has 0 saturated carbocycles. The van der Waals surface area contributed by atoms with Crippen molar-refractivity contribution in [2.75, 3.05) is 19.0 Å². The highest BCUT2D eigenvalue weighted by Crippen LogP contribution is 2.38. The van der Waals surface area contributed by atoms with Crippen LogP contribution in [-0.2, 0) is 10.0 Å². The molecule has 8 heteroatoms. The van der Waals surface area contributed by atoms with E-state index in [1.165, 1.54) is 11.4 Å². The Balaban J connectivity index is 1.58. The van der Waals surface area contributed by atoms with Crippen LogP contribution in [0.1, 0.15) is 24.6 Å². The Hall–Kier alpha value is -2.97. The van der Waals surface area contributed by atoms with Crippen molar-refractivity contribution in [3.8, 4) is 5.75 Å². The van der Waals surface area contributed by atoms with Crippen LogP contribution in [0.25, 0.3) is 0 Å². The first-order valence-corrected chi connectivity index (χ1v) is 10.8. The monoisotopic (exact) mass is 410 g/mol. The lowest BCUT2D eigenvalue weighted by molar-refractivity contribution is 0.377. The fourth-order valence-corrected chi connectivity index (χ4v) is 5.37. The van der Waals surface area contributed by atoms with Crippen molar-refractivity contribution in [1.82, 2.24) is 14.3 Å². The number of sulfonamides is 1. The molecule has 0 unspecified atom stereocenters. The zero-order valence-electron chi connectivity index (χ0n) is 16.0. The molecule has 150 valence electrons. The van der Waals surface area contributed by atoms with Gasteiger partial charge in [0.05, 0.1) is 30.7 Å². The van der Waals surface area contributed by atoms with Crippen molar-refractivity contribution in [3.05, 3.63) is 72.7 Å². The molecule has 2 aromatic heterocycles. The zero-order valence-corrected chi connectivity index (χ0v) is 16.8. The average molecular weight is 410 g/mol. The van der Waals surface area contributed by atoms with Crippen molar-refractivity contribution in [2.45, 2.75) is 23.8 Å². The molecule has 0 bridgehead atoms. The van der Waals surface area contributed by atoms with Gasteiger partial charge < -0.3 is 10.1 Å². The lowest BCUT2D eigenvalue weighted by atomic mass is 10.1. The molecule has 0 amide bonds. The minimum absolute atomic E-state index is 0.183. The third-order valence-electron chi connectivity index (χ3n) is 4.92. The summed E-state index contributed by atoms with van der Waals surface area (Å²) in [7, 11) is -2.22. The summed E-state index contributed by atoms with van der Waals surface area (Å²) in [4.78, 5) is 8.94. The van der Waals surface area contributed by atoms with Crippen molar-refractivity contribution in [1.29, 1.82) is 0 Å². The molecule has 1 fully saturated rings. The molecule has 0 aliphatic carbocycles. The minimum Gasteiger partial charge on any atom is -0.495 e. The number of para-hydroxylation sites is 1. The Morgan fingerprint density at radius 1 is 1.07 bits per heavy atom. The first kappa shape index (κ1) is 19.4. The van der Waals surface area contributed by atoms with Gasteiger partial charge in [-0.05, 0) is 49.2 Å². The van der Waals surface area contributed by atoms with Gasteiger partial charge in [-0.3, -0.25) is 4.98 Å². The molecule has 0 radical (unpaired) electrons. The van der Waals surface area contributed by atoms with Crippen LogP contribution in [-0.4, -0.2) is 36.3 Å². The molecular weight excluding hydrogens is 388 g/mol. The number of methoxy groups -OCH3 is 1. The maximum atomic E-state index is 13.3. The fraction of sp³-hybridized carbons (Fsp3) is 0.238. The van der Waals surface area contributed by atoms with E-state index >= 15 is 0 Å². The molecule has 7 nitrogen and oxygen atoms in total. The number of hydrogen-bond acceptors (Lipinski definition) is 6. The van der Waals surface area contributed by atoms with Gasteiger partial charge in [0.25, 0.3) is 0 Å². The van der Waals surface area contributed by atoms with E-state index in [-0.39, 0.29) is 10.9 Å². The molecule has 1 aliphatic rings. The molecule has 1 saturated heterocycles. The first-order chi connectivity index (χ1) is 14.1. The standard InChI is InChI=1S/C21H22N4O3S/c1-28-19-8-2-3-9-20(19)29(26,27)25-14-6-7-18(25)17-12-11-16(15-23-17)24-21-10-4-5-13-22-21/h2-5,8-13,15,18H,6-7,14H2,1H3,(H,22,24)/t18-/m0/s1. The van der Waals surface area contributed by atoms with Gasteiger partial charge in [-0.15, -0.1) is 0 Å². The summed E-state index contributed by atoms with van der Waals surface area (Å²) in [5.41, 5.74) is 1.53. The van der Waals surface area contributed by atoms with Gasteiger partial charge in [-0.2, -0.15) is 4.31 Å². The number of pyridine rings is 2. The van der Waals surface area contributed by atoms with E-state index in [0.717, 1.165) is 30.0 Å². The SMILES string of the molecule is COc1ccccc1S(=O)(=O)N1CCC[C@H]1c1ccc(Nc2ccccn2)cn1. The lowest BCUT2D eigenvalue weighted by Gasteiger charge is -2.24. The molecule has 4 rings (SSSR count). The molecule has 1 atom stereocenters. The Bertz CT molecular complexity index is 1070. The number of nitrogens with one attached hydrogen (secondary N) is 1. The number of hydrogen-bond donors (Lipinski definition) is 1. The van der Waals surface area contributed by atoms with Crippen LogP contribution in [0, 0.1) is 0 Å². The van der Waals surface area contributed by atoms with Crippen LogP contribution >= 0.6 is 0 Å². The van der Waals surface area contributed by atoms with Gasteiger partial charge in [0.15, 0.2) is 0 Å². The summed E-state index contributed by atoms with van der Waals surface area (Å²) in [6.45, 7) is 0.459. The second kappa shape index (κ2) is 8.18. The van der Waals surface area contributed by atoms with Crippen molar-refractivity contribution >= 4 is 21.5 Å². The maximum absolute atomic E-state index is 13.3. The molecule has 1 aliphatic heterocycles. The van der Waals surface area contributed by atoms with E-state index in [0.29, 0.717) is 12.3 Å². The second-order valence-corrected chi connectivity index (χ2v) is 8.60. The molecule has 0 spiro atoms. The predicted octanol–water partition coefficient (Wildman–Crippen LogP) is 3.75. The first-order valence-electron chi connectivity index (χ1n) is 9.38. The third kappa shape index (κ3) is 3.94. The van der Waals surface area contributed by atoms with E-state index in [2.05, 4.69) is 15.3 Å². The Kier molecular flexibility index (Phi) is 5.46. The van der Waals surface area contributed by atoms with Crippen LogP contribution in [0.15, 0.2) is 71.9 Å². The summed E-state index contributed by atoms with van der Waals surface area (Å²) in [6.07, 6.45) is 4.93. The quantitative estimate of drug-likeness (QED) is 0.666. The van der Waals surface area contributed by atoms with E-state index in [1.807, 2.05) is 30.3 Å². The smallest absolute Gasteiger partial charge is 0.247 e. The number of anilines is 2. The average Bonchev–Trinajstić information content (AvgIpc) is 3.26. The van der Waals surface area contributed by atoms with Gasteiger partial charge in [0, 0.05) is 12.7 Å². The molecule has 1 aromatic carbocycles. The van der Waals surface area contributed by atoms with E-state index in [9.17, 15) is 8.42 Å². The zero-order chi connectivity index (χ0) is 20.3. The number of benzene rings is 1. The summed E-state index contributed by atoms with van der Waals surface area (Å²) in [6, 6.07) is 15.8. The predicted molar refractivity (Wildman–Crippen MR) is 111 cm³/mol. The van der Waals surface area contributed by atoms with Crippen LogP contribution in [0.3, 0.4) is 0 Å². The maximum Gasteiger partial charge on any atom is 0.247 e. The molecule has 3 aromatic rings. The number of nitrogens with zero attached hydrogens (tertiary/aromatic N) is 3. The number of ether oxygens (including phenoxy) is 1. The van der Waals surface area contributed by atoms with E-state index in [1.54, 1.807) is 36.7 Å². The third-order valence-corrected chi connectivity index (χ3v) is 6.87. The molecular formula is C21H22N4O3S. The molecule has 1 N–H and O–H groups in total. The highest BCUT2D eigenvalue weighted by atomic mass is 32.2. The highest BCUT2D eigenvalue weighted by molar-refractivity contribution is 7.89. The van der Waals surface area contributed by atoms with Crippen LogP contribution in [0.5, 0.6) is 5.75 Å². The Labute approximate surface area is 170 Å². The summed E-state index contributed by atoms with van der Waals surface area (Å²) in [5.74, 6) is 1.07. The number of rotatable bonds is 6. The highest BCUT2D eigenvalue weighted by Gasteiger charge is 2.38. The Morgan fingerprint density at radius 2 is 1.90 bits per heavy atom. The Morgan fingerprint density at radius 3 is 2.62 bits per heavy atom. The van der Waals surface area contributed by atoms with E-state index < -0.39 is 10.0 Å². The van der Waals surface area contributed by atoms with Crippen LogP contribution < -0.4 is 10.1 Å². The van der Waals surface area contributed by atoms with Gasteiger partial charge in [0.2, 0.25) is 10.0 Å². The molecule has 29 heavy (non-hydrogen) atoms. The topological polar surface area (TPSA) is 84.4 Å². The largest absolute Gasteiger partial charge is 0.495 e. The normalized spacial score (nSPS) is 17.2. The van der Waals surface area contributed by atoms with Crippen LogP contribution in [0.4, 0.5) is 11.5 Å². The van der Waals surface area contributed by atoms with Crippen molar-refractivity contribution in [2.24, 2.45) is 0 Å². The second-order valence-electron chi connectivity index (χ2n) is 6.74. The van der Waals surface area contributed by atoms with Crippen molar-refractivity contribution < 1.29 is 13.2 Å². The minimum atomic E-state index is -3.69. The van der Waals surface area contributed by atoms with Gasteiger partial charge in [0.1, 0.15) is 16.5 Å². The summed E-state index contributed by atoms with van der Waals surface area (Å²) >= 11 is 0. The molecule has 3 heterocycles. The van der Waals surface area contributed by atoms with E-state index in [4.69, 9.17) is 4.74 Å². The van der Waals surface area contributed by atoms with Gasteiger partial charge in [-0.1, -0.05) is 18.2 Å². The van der Waals surface area contributed by atoms with Gasteiger partial charge in [-0.25, -0.2) is 13.4 Å². The fourth-order valence-electron chi connectivity index (χ4n) is 3.54. The van der Waals surface area contributed by atoms with Crippen LogP contribution in [0.2, 0.25) is 0 Å². The summed E-state index contributed by atoms with van der Waals surface area (Å²) in [5, 5.41) is 3.18.